The van der Waals surface area contributed by atoms with Crippen molar-refractivity contribution in [2.24, 2.45) is 0 Å². The number of hydrogen-bond donors (Lipinski definition) is 0. The van der Waals surface area contributed by atoms with Crippen molar-refractivity contribution in [1.82, 2.24) is 0 Å². The Morgan fingerprint density at radius 1 is 1.50 bits per heavy atom. The number of hydrogen-bond acceptors (Lipinski definition) is 3. The van der Waals surface area contributed by atoms with Crippen LogP contribution in [0.2, 0.25) is 0 Å². The van der Waals surface area contributed by atoms with Crippen molar-refractivity contribution < 1.29 is 14.3 Å². The average molecular weight is 165 g/mol. The second-order valence-electron chi connectivity index (χ2n) is 2.13. The molecule has 63 valence electrons. The molecule has 0 spiro atoms. The van der Waals surface area contributed by atoms with E-state index >= 15 is 0 Å². The second kappa shape index (κ2) is 4.38. The Hall–Kier alpha value is -1.51. The van der Waals surface area contributed by atoms with Crippen molar-refractivity contribution >= 4 is 5.97 Å². The first-order valence-electron chi connectivity index (χ1n) is 3.51. The summed E-state index contributed by atoms with van der Waals surface area (Å²) in [6.07, 6.45) is 0. The fraction of sp³-hybridized carbons (Fsp3) is 0.222. The van der Waals surface area contributed by atoms with Gasteiger partial charge in [-0.3, -0.25) is 4.79 Å². The van der Waals surface area contributed by atoms with Crippen LogP contribution in [0, 0.1) is 6.07 Å². The molecule has 12 heavy (non-hydrogen) atoms. The van der Waals surface area contributed by atoms with Crippen LogP contribution in [0.5, 0.6) is 5.75 Å². The standard InChI is InChI=1S/C9H9O3/c1-8(10)11-7-12-9-5-3-2-4-6-9/h3-6H,7H2,1H3. The molecule has 0 aliphatic heterocycles. The Labute approximate surface area is 70.9 Å². The predicted molar refractivity (Wildman–Crippen MR) is 42.5 cm³/mol. The first-order valence-corrected chi connectivity index (χ1v) is 3.51. The van der Waals surface area contributed by atoms with E-state index in [1.165, 1.54) is 6.92 Å². The summed E-state index contributed by atoms with van der Waals surface area (Å²) in [5.41, 5.74) is 0. The molecule has 0 atom stereocenters. The molecule has 0 unspecified atom stereocenters. The minimum absolute atomic E-state index is 0.0423. The van der Waals surface area contributed by atoms with Gasteiger partial charge in [-0.2, -0.15) is 0 Å². The zero-order valence-electron chi connectivity index (χ0n) is 6.74. The molecule has 0 aromatic heterocycles. The third-order valence-electron chi connectivity index (χ3n) is 1.18. The van der Waals surface area contributed by atoms with Crippen LogP contribution in [0.15, 0.2) is 24.3 Å². The van der Waals surface area contributed by atoms with E-state index in [0.29, 0.717) is 5.75 Å². The second-order valence-corrected chi connectivity index (χ2v) is 2.13. The zero-order chi connectivity index (χ0) is 8.81. The lowest BCUT2D eigenvalue weighted by molar-refractivity contribution is -0.147. The molecule has 0 N–H and O–H groups in total. The first-order chi connectivity index (χ1) is 5.79. The largest absolute Gasteiger partial charge is 0.457 e. The normalized spacial score (nSPS) is 9.08. The van der Waals surface area contributed by atoms with Crippen LogP contribution in [0.1, 0.15) is 6.92 Å². The van der Waals surface area contributed by atoms with E-state index in [2.05, 4.69) is 10.8 Å². The molecule has 0 bridgehead atoms. The van der Waals surface area contributed by atoms with Gasteiger partial charge < -0.3 is 9.47 Å². The smallest absolute Gasteiger partial charge is 0.305 e. The summed E-state index contributed by atoms with van der Waals surface area (Å²) in [4.78, 5) is 10.3. The summed E-state index contributed by atoms with van der Waals surface area (Å²) in [5.74, 6) is 0.312. The van der Waals surface area contributed by atoms with Gasteiger partial charge in [0, 0.05) is 6.92 Å². The van der Waals surface area contributed by atoms with Crippen LogP contribution in [0.4, 0.5) is 0 Å². The van der Waals surface area contributed by atoms with Crippen molar-refractivity contribution in [2.75, 3.05) is 6.79 Å². The summed E-state index contributed by atoms with van der Waals surface area (Å²) in [6, 6.07) is 9.77. The van der Waals surface area contributed by atoms with Gasteiger partial charge >= 0.3 is 5.97 Å². The molecule has 0 fully saturated rings. The van der Waals surface area contributed by atoms with E-state index < -0.39 is 0 Å². The molecule has 0 saturated heterocycles. The van der Waals surface area contributed by atoms with Gasteiger partial charge in [0.25, 0.3) is 0 Å². The SMILES string of the molecule is CC(=O)OCOc1cc[c]cc1. The molecule has 3 nitrogen and oxygen atoms in total. The molecule has 1 rings (SSSR count). The van der Waals surface area contributed by atoms with Gasteiger partial charge in [-0.05, 0) is 18.2 Å². The van der Waals surface area contributed by atoms with Crippen molar-refractivity contribution in [3.05, 3.63) is 30.3 Å². The molecular formula is C9H9O3. The van der Waals surface area contributed by atoms with Crippen molar-refractivity contribution in [2.45, 2.75) is 6.92 Å². The van der Waals surface area contributed by atoms with Gasteiger partial charge in [0.2, 0.25) is 6.79 Å². The Kier molecular flexibility index (Phi) is 3.14. The fourth-order valence-corrected chi connectivity index (χ4v) is 0.648. The third-order valence-corrected chi connectivity index (χ3v) is 1.18. The van der Waals surface area contributed by atoms with Gasteiger partial charge in [-0.1, -0.05) is 12.1 Å². The number of carbonyl (C=O) groups excluding carboxylic acids is 1. The Morgan fingerprint density at radius 3 is 2.75 bits per heavy atom. The van der Waals surface area contributed by atoms with Gasteiger partial charge in [-0.25, -0.2) is 0 Å². The van der Waals surface area contributed by atoms with Crippen LogP contribution >= 0.6 is 0 Å². The maximum Gasteiger partial charge on any atom is 0.305 e. The van der Waals surface area contributed by atoms with Crippen LogP contribution in [-0.4, -0.2) is 12.8 Å². The van der Waals surface area contributed by atoms with Crippen LogP contribution in [0.3, 0.4) is 0 Å². The van der Waals surface area contributed by atoms with Crippen LogP contribution < -0.4 is 4.74 Å². The van der Waals surface area contributed by atoms with Gasteiger partial charge in [0.15, 0.2) is 0 Å². The topological polar surface area (TPSA) is 35.5 Å². The monoisotopic (exact) mass is 165 g/mol. The highest BCUT2D eigenvalue weighted by atomic mass is 16.7. The highest BCUT2D eigenvalue weighted by molar-refractivity contribution is 5.65. The molecular weight excluding hydrogens is 156 g/mol. The lowest BCUT2D eigenvalue weighted by Crippen LogP contribution is -2.06. The predicted octanol–water partition coefficient (Wildman–Crippen LogP) is 1.39. The lowest BCUT2D eigenvalue weighted by Gasteiger charge is -2.04. The molecule has 0 amide bonds. The number of esters is 1. The number of rotatable bonds is 3. The molecule has 3 heteroatoms. The van der Waals surface area contributed by atoms with Gasteiger partial charge in [-0.15, -0.1) is 0 Å². The van der Waals surface area contributed by atoms with Gasteiger partial charge in [0.05, 0.1) is 0 Å². The number of ether oxygens (including phenoxy) is 2. The molecule has 1 aromatic rings. The van der Waals surface area contributed by atoms with Crippen molar-refractivity contribution in [3.8, 4) is 5.75 Å². The summed E-state index contributed by atoms with van der Waals surface area (Å²) in [5, 5.41) is 0. The van der Waals surface area contributed by atoms with E-state index in [9.17, 15) is 4.79 Å². The number of carbonyl (C=O) groups is 1. The molecule has 1 aromatic carbocycles. The quantitative estimate of drug-likeness (QED) is 0.501. The highest BCUT2D eigenvalue weighted by Crippen LogP contribution is 2.07. The molecule has 0 aliphatic rings. The molecule has 0 heterocycles. The average Bonchev–Trinajstić information content (AvgIpc) is 2.05. The van der Waals surface area contributed by atoms with Crippen molar-refractivity contribution in [3.63, 3.8) is 0 Å². The summed E-state index contributed by atoms with van der Waals surface area (Å²) in [6.45, 7) is 1.29. The van der Waals surface area contributed by atoms with E-state index in [4.69, 9.17) is 4.74 Å². The molecule has 0 aliphatic carbocycles. The van der Waals surface area contributed by atoms with Crippen molar-refractivity contribution in [1.29, 1.82) is 0 Å². The Balaban J connectivity index is 2.29. The fourth-order valence-electron chi connectivity index (χ4n) is 0.648. The molecule has 0 saturated carbocycles. The summed E-state index contributed by atoms with van der Waals surface area (Å²) >= 11 is 0. The maximum atomic E-state index is 10.3. The van der Waals surface area contributed by atoms with E-state index in [0.717, 1.165) is 0 Å². The molecule has 1 radical (unpaired) electrons. The Morgan fingerprint density at radius 2 is 2.17 bits per heavy atom. The maximum absolute atomic E-state index is 10.3. The zero-order valence-corrected chi connectivity index (χ0v) is 6.74. The number of benzene rings is 1. The Bertz CT molecular complexity index is 243. The third kappa shape index (κ3) is 3.05. The minimum Gasteiger partial charge on any atom is -0.457 e. The summed E-state index contributed by atoms with van der Waals surface area (Å²) < 4.78 is 9.63. The lowest BCUT2D eigenvalue weighted by atomic mass is 10.3. The minimum atomic E-state index is -0.350. The highest BCUT2D eigenvalue weighted by Gasteiger charge is 1.93. The van der Waals surface area contributed by atoms with Crippen LogP contribution in [-0.2, 0) is 9.53 Å². The van der Waals surface area contributed by atoms with Gasteiger partial charge in [0.1, 0.15) is 5.75 Å². The van der Waals surface area contributed by atoms with E-state index in [-0.39, 0.29) is 12.8 Å². The first kappa shape index (κ1) is 8.59. The summed E-state index contributed by atoms with van der Waals surface area (Å²) in [7, 11) is 0. The van der Waals surface area contributed by atoms with E-state index in [1.807, 2.05) is 0 Å². The van der Waals surface area contributed by atoms with Crippen LogP contribution in [0.25, 0.3) is 0 Å². The van der Waals surface area contributed by atoms with E-state index in [1.54, 1.807) is 24.3 Å².